The van der Waals surface area contributed by atoms with Crippen LogP contribution in [0, 0.1) is 11.6 Å². The summed E-state index contributed by atoms with van der Waals surface area (Å²) in [6.07, 6.45) is 0.438. The normalized spacial score (nSPS) is 19.5. The van der Waals surface area contributed by atoms with E-state index in [0.29, 0.717) is 18.5 Å². The van der Waals surface area contributed by atoms with Gasteiger partial charge in [0.05, 0.1) is 16.5 Å². The lowest BCUT2D eigenvalue weighted by atomic mass is 9.81. The van der Waals surface area contributed by atoms with Crippen LogP contribution in [0.2, 0.25) is 0 Å². The van der Waals surface area contributed by atoms with Crippen LogP contribution >= 0.6 is 0 Å². The van der Waals surface area contributed by atoms with Crippen molar-refractivity contribution >= 4 is 39.3 Å². The van der Waals surface area contributed by atoms with Crippen LogP contribution in [0.4, 0.5) is 14.5 Å². The number of amides is 2. The molecule has 3 aromatic carbocycles. The molecule has 0 aliphatic carbocycles. The van der Waals surface area contributed by atoms with Gasteiger partial charge in [-0.05, 0) is 48.4 Å². The number of likely N-dealkylation sites (tertiary alicyclic amines) is 1. The van der Waals surface area contributed by atoms with Gasteiger partial charge in [-0.1, -0.05) is 18.2 Å². The van der Waals surface area contributed by atoms with Crippen molar-refractivity contribution in [1.82, 2.24) is 9.88 Å². The van der Waals surface area contributed by atoms with Crippen LogP contribution in [0.25, 0.3) is 21.8 Å². The molecule has 6 nitrogen and oxygen atoms in total. The maximum atomic E-state index is 14.5. The van der Waals surface area contributed by atoms with Crippen molar-refractivity contribution in [3.63, 3.8) is 0 Å². The number of carbonyl (C=O) groups excluding carboxylic acids is 2. The Kier molecular flexibility index (Phi) is 3.99. The summed E-state index contributed by atoms with van der Waals surface area (Å²) in [5.41, 5.74) is 0.685. The van der Waals surface area contributed by atoms with Gasteiger partial charge in [-0.25, -0.2) is 8.78 Å². The average Bonchev–Trinajstić information content (AvgIpc) is 3.37. The molecule has 2 aliphatic heterocycles. The summed E-state index contributed by atoms with van der Waals surface area (Å²) in [4.78, 5) is 43.8. The van der Waals surface area contributed by atoms with Gasteiger partial charge in [0.1, 0.15) is 11.6 Å². The SMILES string of the molecule is O=C(c1cc(F)cc2c(=O)c3cc(F)ccc3[nH]c12)N1CCC2(C1)C(=O)Nc1ccccc12. The van der Waals surface area contributed by atoms with Gasteiger partial charge in [-0.3, -0.25) is 14.4 Å². The zero-order valence-electron chi connectivity index (χ0n) is 17.2. The Balaban J connectivity index is 1.46. The van der Waals surface area contributed by atoms with Gasteiger partial charge in [0.25, 0.3) is 5.91 Å². The molecule has 1 spiro atoms. The molecule has 2 aliphatic rings. The van der Waals surface area contributed by atoms with Gasteiger partial charge in [0.15, 0.2) is 5.43 Å². The molecule has 4 aromatic rings. The summed E-state index contributed by atoms with van der Waals surface area (Å²) in [6.45, 7) is 0.456. The zero-order valence-corrected chi connectivity index (χ0v) is 17.2. The zero-order chi connectivity index (χ0) is 22.9. The minimum atomic E-state index is -0.854. The molecule has 0 bridgehead atoms. The minimum absolute atomic E-state index is 0.00272. The van der Waals surface area contributed by atoms with E-state index >= 15 is 0 Å². The molecule has 6 rings (SSSR count). The lowest BCUT2D eigenvalue weighted by molar-refractivity contribution is -0.120. The third kappa shape index (κ3) is 2.73. The fourth-order valence-electron chi connectivity index (χ4n) is 5.11. The first-order chi connectivity index (χ1) is 15.9. The first-order valence-corrected chi connectivity index (χ1v) is 10.5. The molecule has 0 saturated carbocycles. The lowest BCUT2D eigenvalue weighted by Gasteiger charge is -2.23. The number of benzene rings is 3. The Morgan fingerprint density at radius 2 is 1.76 bits per heavy atom. The van der Waals surface area contributed by atoms with Gasteiger partial charge < -0.3 is 15.2 Å². The number of hydrogen-bond acceptors (Lipinski definition) is 3. The topological polar surface area (TPSA) is 82.3 Å². The van der Waals surface area contributed by atoms with Crippen LogP contribution in [0.1, 0.15) is 22.3 Å². The number of anilines is 1. The van der Waals surface area contributed by atoms with E-state index < -0.39 is 28.4 Å². The van der Waals surface area contributed by atoms with E-state index in [0.717, 1.165) is 29.4 Å². The highest BCUT2D eigenvalue weighted by Crippen LogP contribution is 2.44. The number of aromatic amines is 1. The van der Waals surface area contributed by atoms with Crippen LogP contribution in [-0.4, -0.2) is 34.8 Å². The van der Waals surface area contributed by atoms with Crippen molar-refractivity contribution in [3.05, 3.63) is 87.6 Å². The van der Waals surface area contributed by atoms with Gasteiger partial charge in [0.2, 0.25) is 5.91 Å². The second kappa shape index (κ2) is 6.71. The van der Waals surface area contributed by atoms with Crippen molar-refractivity contribution in [3.8, 4) is 0 Å². The fraction of sp³-hybridized carbons (Fsp3) is 0.160. The Morgan fingerprint density at radius 1 is 0.970 bits per heavy atom. The van der Waals surface area contributed by atoms with Crippen LogP contribution in [-0.2, 0) is 10.2 Å². The first kappa shape index (κ1) is 19.6. The number of H-pyrrole nitrogens is 1. The van der Waals surface area contributed by atoms with Crippen LogP contribution in [0.15, 0.2) is 59.4 Å². The van der Waals surface area contributed by atoms with E-state index in [4.69, 9.17) is 0 Å². The molecular weight excluding hydrogens is 428 g/mol. The number of fused-ring (bicyclic) bond motifs is 4. The molecule has 1 saturated heterocycles. The van der Waals surface area contributed by atoms with Crippen molar-refractivity contribution in [2.75, 3.05) is 18.4 Å². The predicted octanol–water partition coefficient (Wildman–Crippen LogP) is 3.70. The van der Waals surface area contributed by atoms with Crippen LogP contribution < -0.4 is 10.7 Å². The van der Waals surface area contributed by atoms with Gasteiger partial charge >= 0.3 is 0 Å². The molecule has 0 radical (unpaired) electrons. The number of pyridine rings is 1. The summed E-state index contributed by atoms with van der Waals surface area (Å²) >= 11 is 0. The molecule has 1 unspecified atom stereocenters. The number of para-hydroxylation sites is 1. The molecule has 8 heteroatoms. The minimum Gasteiger partial charge on any atom is -0.354 e. The van der Waals surface area contributed by atoms with Crippen molar-refractivity contribution in [1.29, 1.82) is 0 Å². The van der Waals surface area contributed by atoms with Crippen molar-refractivity contribution < 1.29 is 18.4 Å². The summed E-state index contributed by atoms with van der Waals surface area (Å²) in [5, 5.41) is 2.93. The number of nitrogens with zero attached hydrogens (tertiary/aromatic N) is 1. The molecule has 1 aromatic heterocycles. The van der Waals surface area contributed by atoms with Crippen molar-refractivity contribution in [2.24, 2.45) is 0 Å². The van der Waals surface area contributed by atoms with E-state index in [1.54, 1.807) is 0 Å². The van der Waals surface area contributed by atoms with E-state index in [9.17, 15) is 23.2 Å². The number of aromatic nitrogens is 1. The molecule has 1 atom stereocenters. The standard InChI is InChI=1S/C25H17F2N3O3/c26-13-5-6-19-15(9-13)22(31)16-10-14(27)11-17(21(16)28-19)23(32)30-8-7-25(12-30)18-3-1-2-4-20(18)29-24(25)33/h1-6,9-11H,7-8,12H2,(H,28,31)(H,29,33). The van der Waals surface area contributed by atoms with Gasteiger partial charge in [-0.15, -0.1) is 0 Å². The molecule has 2 N–H and O–H groups in total. The summed E-state index contributed by atoms with van der Waals surface area (Å²) in [6, 6.07) is 13.2. The van der Waals surface area contributed by atoms with E-state index in [1.807, 2.05) is 24.3 Å². The fourth-order valence-corrected chi connectivity index (χ4v) is 5.11. The predicted molar refractivity (Wildman–Crippen MR) is 119 cm³/mol. The smallest absolute Gasteiger partial charge is 0.256 e. The van der Waals surface area contributed by atoms with E-state index in [1.165, 1.54) is 17.0 Å². The number of rotatable bonds is 1. The highest BCUT2D eigenvalue weighted by molar-refractivity contribution is 6.10. The number of carbonyl (C=O) groups is 2. The Morgan fingerprint density at radius 3 is 2.61 bits per heavy atom. The monoisotopic (exact) mass is 445 g/mol. The lowest BCUT2D eigenvalue weighted by Crippen LogP contribution is -2.39. The summed E-state index contributed by atoms with van der Waals surface area (Å²) in [7, 11) is 0. The Labute approximate surface area is 185 Å². The van der Waals surface area contributed by atoms with Crippen LogP contribution in [0.5, 0.6) is 0 Å². The van der Waals surface area contributed by atoms with Gasteiger partial charge in [0, 0.05) is 35.1 Å². The number of nitrogens with one attached hydrogen (secondary N) is 2. The first-order valence-electron chi connectivity index (χ1n) is 10.5. The third-order valence-electron chi connectivity index (χ3n) is 6.75. The van der Waals surface area contributed by atoms with E-state index in [2.05, 4.69) is 10.3 Å². The summed E-state index contributed by atoms with van der Waals surface area (Å²) in [5.74, 6) is -1.97. The highest BCUT2D eigenvalue weighted by atomic mass is 19.1. The van der Waals surface area contributed by atoms with Gasteiger partial charge in [-0.2, -0.15) is 0 Å². The molecule has 1 fully saturated rings. The number of hydrogen-bond donors (Lipinski definition) is 2. The highest BCUT2D eigenvalue weighted by Gasteiger charge is 2.52. The maximum absolute atomic E-state index is 14.5. The molecule has 33 heavy (non-hydrogen) atoms. The second-order valence-electron chi connectivity index (χ2n) is 8.58. The van der Waals surface area contributed by atoms with Crippen molar-refractivity contribution in [2.45, 2.75) is 11.8 Å². The Hall–Kier alpha value is -4.07. The quantitative estimate of drug-likeness (QED) is 0.439. The molecule has 2 amide bonds. The maximum Gasteiger partial charge on any atom is 0.256 e. The summed E-state index contributed by atoms with van der Waals surface area (Å²) < 4.78 is 28.2. The third-order valence-corrected chi connectivity index (χ3v) is 6.75. The molecule has 3 heterocycles. The Bertz CT molecular complexity index is 1580. The largest absolute Gasteiger partial charge is 0.354 e. The second-order valence-corrected chi connectivity index (χ2v) is 8.58. The van der Waals surface area contributed by atoms with E-state index in [-0.39, 0.29) is 34.3 Å². The average molecular weight is 445 g/mol. The van der Waals surface area contributed by atoms with Crippen LogP contribution in [0.3, 0.4) is 0 Å². The molecule has 164 valence electrons. The molecular formula is C25H17F2N3O3. The number of halogens is 2.